The molecule has 7 aromatic carbocycles. The Kier molecular flexibility index (Phi) is 5.41. The van der Waals surface area contributed by atoms with E-state index in [4.69, 9.17) is 4.98 Å². The van der Waals surface area contributed by atoms with Crippen molar-refractivity contribution in [3.63, 3.8) is 0 Å². The van der Waals surface area contributed by atoms with E-state index in [0.717, 1.165) is 44.9 Å². The number of para-hydroxylation sites is 8. The molecule has 2 aliphatic rings. The van der Waals surface area contributed by atoms with Crippen LogP contribution in [-0.4, -0.2) is 20.7 Å². The minimum atomic E-state index is 0.0711. The summed E-state index contributed by atoms with van der Waals surface area (Å²) in [5.74, 6) is 0.899. The molecule has 2 aliphatic heterocycles. The molecule has 2 aromatic heterocycles. The fraction of sp³-hybridized carbons (Fsp3) is 0. The second kappa shape index (κ2) is 9.99. The molecule has 9 aromatic rings. The van der Waals surface area contributed by atoms with Crippen LogP contribution >= 0.6 is 0 Å². The quantitative estimate of drug-likeness (QED) is 0.184. The van der Waals surface area contributed by atoms with Crippen molar-refractivity contribution >= 4 is 85.1 Å². The second-order valence-corrected chi connectivity index (χ2v) is 12.9. The zero-order valence-corrected chi connectivity index (χ0v) is 26.5. The molecular weight excluding hydrogens is 597 g/mol. The van der Waals surface area contributed by atoms with Crippen molar-refractivity contribution in [1.82, 2.24) is 14.0 Å². The van der Waals surface area contributed by atoms with Gasteiger partial charge < -0.3 is 9.80 Å². The highest BCUT2D eigenvalue weighted by molar-refractivity contribution is 7.00. The summed E-state index contributed by atoms with van der Waals surface area (Å²) in [6.45, 7) is 0.0711. The number of benzene rings is 7. The van der Waals surface area contributed by atoms with Crippen LogP contribution in [0.5, 0.6) is 0 Å². The standard InChI is InChI=1S/C43H28BN5/c1-3-15-29(16-4-1)46-35-22-10-7-19-32(35)44-33-20-8-11-23-36(33)47(30-17-5-2-6-18-30)41-28-31(27-40(46)42(41)44)48-38-25-13-14-26-39(38)49-37-24-12-9-21-34(37)45-43(48)49/h1-28H. The van der Waals surface area contributed by atoms with Gasteiger partial charge in [-0.05, 0) is 89.2 Å². The van der Waals surface area contributed by atoms with Crippen molar-refractivity contribution in [3.05, 3.63) is 170 Å². The summed E-state index contributed by atoms with van der Waals surface area (Å²) >= 11 is 0. The van der Waals surface area contributed by atoms with Crippen LogP contribution in [0.1, 0.15) is 0 Å². The Balaban J connectivity index is 1.31. The molecule has 0 aliphatic carbocycles. The number of rotatable bonds is 3. The molecule has 228 valence electrons. The number of nitrogens with zero attached hydrogens (tertiary/aromatic N) is 5. The normalized spacial score (nSPS) is 13.2. The first-order valence-corrected chi connectivity index (χ1v) is 16.8. The molecule has 6 heteroatoms. The van der Waals surface area contributed by atoms with Gasteiger partial charge in [-0.2, -0.15) is 0 Å². The van der Waals surface area contributed by atoms with E-state index in [0.29, 0.717) is 0 Å². The Bertz CT molecular complexity index is 2640. The van der Waals surface area contributed by atoms with E-state index < -0.39 is 0 Å². The zero-order chi connectivity index (χ0) is 32.1. The van der Waals surface area contributed by atoms with E-state index in [1.807, 2.05) is 0 Å². The van der Waals surface area contributed by atoms with Gasteiger partial charge in [-0.3, -0.25) is 8.97 Å². The molecule has 0 fully saturated rings. The molecule has 0 radical (unpaired) electrons. The van der Waals surface area contributed by atoms with Crippen LogP contribution in [0.15, 0.2) is 170 Å². The molecule has 0 unspecified atom stereocenters. The van der Waals surface area contributed by atoms with Crippen LogP contribution < -0.4 is 26.2 Å². The maximum Gasteiger partial charge on any atom is 0.252 e. The number of imidazole rings is 2. The third kappa shape index (κ3) is 3.63. The molecular formula is C43H28BN5. The molecule has 0 spiro atoms. The van der Waals surface area contributed by atoms with E-state index in [1.165, 1.54) is 39.1 Å². The van der Waals surface area contributed by atoms with Crippen LogP contribution in [0.4, 0.5) is 34.1 Å². The van der Waals surface area contributed by atoms with Crippen LogP contribution in [0, 0.1) is 0 Å². The largest absolute Gasteiger partial charge is 0.311 e. The van der Waals surface area contributed by atoms with Gasteiger partial charge in [0.2, 0.25) is 5.78 Å². The maximum atomic E-state index is 5.25. The number of fused-ring (bicyclic) bond motifs is 9. The number of aromatic nitrogens is 3. The molecule has 0 bridgehead atoms. The Morgan fingerprint density at radius 2 is 0.898 bits per heavy atom. The first kappa shape index (κ1) is 26.5. The van der Waals surface area contributed by atoms with E-state index in [-0.39, 0.29) is 6.71 Å². The first-order valence-electron chi connectivity index (χ1n) is 16.8. The van der Waals surface area contributed by atoms with Gasteiger partial charge in [-0.25, -0.2) is 4.98 Å². The topological polar surface area (TPSA) is 28.7 Å². The lowest BCUT2D eigenvalue weighted by atomic mass is 9.33. The SMILES string of the molecule is c1ccc(N2c3ccccc3B3c4ccccc4N(c4ccccc4)c4cc(-n5c6ccccc6n6c7ccccc7nc56)cc2c43)cc1. The summed E-state index contributed by atoms with van der Waals surface area (Å²) in [5, 5.41) is 0. The van der Waals surface area contributed by atoms with Crippen molar-refractivity contribution in [2.45, 2.75) is 0 Å². The highest BCUT2D eigenvalue weighted by atomic mass is 15.2. The van der Waals surface area contributed by atoms with Gasteiger partial charge in [0.15, 0.2) is 0 Å². The first-order chi connectivity index (χ1) is 24.3. The second-order valence-electron chi connectivity index (χ2n) is 12.9. The average molecular weight is 626 g/mol. The Morgan fingerprint density at radius 1 is 0.408 bits per heavy atom. The molecule has 0 N–H and O–H groups in total. The van der Waals surface area contributed by atoms with Crippen LogP contribution in [-0.2, 0) is 0 Å². The van der Waals surface area contributed by atoms with Gasteiger partial charge in [0.05, 0.1) is 27.8 Å². The molecule has 5 nitrogen and oxygen atoms in total. The smallest absolute Gasteiger partial charge is 0.252 e. The van der Waals surface area contributed by atoms with Crippen molar-refractivity contribution in [2.75, 3.05) is 9.80 Å². The molecule has 49 heavy (non-hydrogen) atoms. The van der Waals surface area contributed by atoms with Crippen molar-refractivity contribution in [1.29, 1.82) is 0 Å². The average Bonchev–Trinajstić information content (AvgIpc) is 3.70. The van der Waals surface area contributed by atoms with Gasteiger partial charge in [-0.1, -0.05) is 97.1 Å². The number of hydrogen-bond acceptors (Lipinski definition) is 3. The Morgan fingerprint density at radius 3 is 1.51 bits per heavy atom. The van der Waals surface area contributed by atoms with E-state index in [2.05, 4.69) is 189 Å². The highest BCUT2D eigenvalue weighted by Crippen LogP contribution is 2.45. The fourth-order valence-corrected chi connectivity index (χ4v) is 8.33. The molecule has 4 heterocycles. The highest BCUT2D eigenvalue weighted by Gasteiger charge is 2.43. The summed E-state index contributed by atoms with van der Waals surface area (Å²) in [6.07, 6.45) is 0. The van der Waals surface area contributed by atoms with Crippen LogP contribution in [0.25, 0.3) is 33.5 Å². The van der Waals surface area contributed by atoms with Gasteiger partial charge >= 0.3 is 0 Å². The van der Waals surface area contributed by atoms with Crippen molar-refractivity contribution in [2.24, 2.45) is 0 Å². The van der Waals surface area contributed by atoms with Gasteiger partial charge in [0.25, 0.3) is 6.71 Å². The Labute approximate surface area is 283 Å². The lowest BCUT2D eigenvalue weighted by Crippen LogP contribution is -2.61. The molecule has 0 atom stereocenters. The summed E-state index contributed by atoms with van der Waals surface area (Å²) in [4.78, 5) is 10.2. The van der Waals surface area contributed by atoms with E-state index in [1.54, 1.807) is 0 Å². The van der Waals surface area contributed by atoms with E-state index in [9.17, 15) is 0 Å². The van der Waals surface area contributed by atoms with Gasteiger partial charge in [0.1, 0.15) is 0 Å². The monoisotopic (exact) mass is 625 g/mol. The van der Waals surface area contributed by atoms with Crippen LogP contribution in [0.3, 0.4) is 0 Å². The summed E-state index contributed by atoms with van der Waals surface area (Å²) < 4.78 is 4.64. The summed E-state index contributed by atoms with van der Waals surface area (Å²) in [6, 6.07) is 61.2. The molecule has 0 amide bonds. The van der Waals surface area contributed by atoms with E-state index >= 15 is 0 Å². The maximum absolute atomic E-state index is 5.25. The van der Waals surface area contributed by atoms with Gasteiger partial charge in [0, 0.05) is 34.1 Å². The number of hydrogen-bond donors (Lipinski definition) is 0. The van der Waals surface area contributed by atoms with Crippen LogP contribution in [0.2, 0.25) is 0 Å². The summed E-state index contributed by atoms with van der Waals surface area (Å²) in [5.41, 5.74) is 16.3. The third-order valence-electron chi connectivity index (χ3n) is 10.3. The molecule has 0 saturated carbocycles. The summed E-state index contributed by atoms with van der Waals surface area (Å²) in [7, 11) is 0. The molecule has 11 rings (SSSR count). The minimum Gasteiger partial charge on any atom is -0.311 e. The molecule has 0 saturated heterocycles. The van der Waals surface area contributed by atoms with Crippen molar-refractivity contribution in [3.8, 4) is 5.69 Å². The van der Waals surface area contributed by atoms with Gasteiger partial charge in [-0.15, -0.1) is 0 Å². The predicted molar refractivity (Wildman–Crippen MR) is 204 cm³/mol. The predicted octanol–water partition coefficient (Wildman–Crippen LogP) is 8.51. The third-order valence-corrected chi connectivity index (χ3v) is 10.3. The lowest BCUT2D eigenvalue weighted by molar-refractivity contribution is 1.10. The lowest BCUT2D eigenvalue weighted by Gasteiger charge is -2.44. The minimum absolute atomic E-state index is 0.0711. The number of anilines is 6. The fourth-order valence-electron chi connectivity index (χ4n) is 8.33. The zero-order valence-electron chi connectivity index (χ0n) is 26.5. The van der Waals surface area contributed by atoms with Crippen molar-refractivity contribution < 1.29 is 0 Å². The Hall–Kier alpha value is -6.53.